The Morgan fingerprint density at radius 1 is 1.03 bits per heavy atom. The third-order valence-electron chi connectivity index (χ3n) is 7.21. The van der Waals surface area contributed by atoms with Gasteiger partial charge in [0.1, 0.15) is 12.1 Å². The number of benzene rings is 1. The summed E-state index contributed by atoms with van der Waals surface area (Å²) < 4.78 is 0. The number of carbonyl (C=O) groups is 3. The number of nitrogens with one attached hydrogen (secondary N) is 1. The quantitative estimate of drug-likeness (QED) is 0.673. The first-order valence-corrected chi connectivity index (χ1v) is 12.0. The summed E-state index contributed by atoms with van der Waals surface area (Å²) >= 11 is 6.32. The fraction of sp³-hybridized carbons (Fsp3) is 0.625. The van der Waals surface area contributed by atoms with E-state index in [0.717, 1.165) is 56.3 Å². The minimum Gasteiger partial charge on any atom is -0.335 e. The zero-order valence-corrected chi connectivity index (χ0v) is 19.0. The van der Waals surface area contributed by atoms with Crippen LogP contribution < -0.4 is 5.32 Å². The summed E-state index contributed by atoms with van der Waals surface area (Å²) in [6.45, 7) is 1.44. The molecular formula is C24H32ClN3O3. The standard InChI is InChI=1S/C24H32ClN3O3/c1-24(19-14-8-9-15-20(19)25)22(30)27(23(31)26-24)16-21(29)28(17-10-4-2-5-11-17)18-12-6-3-7-13-18/h8-9,14-15,17-18H,2-7,10-13,16H2,1H3,(H,26,31)/t24-/m0/s1. The first-order valence-electron chi connectivity index (χ1n) is 11.6. The summed E-state index contributed by atoms with van der Waals surface area (Å²) in [6, 6.07) is 6.91. The topological polar surface area (TPSA) is 69.7 Å². The number of urea groups is 1. The highest BCUT2D eigenvalue weighted by atomic mass is 35.5. The van der Waals surface area contributed by atoms with E-state index in [4.69, 9.17) is 11.6 Å². The average molecular weight is 446 g/mol. The number of hydrogen-bond acceptors (Lipinski definition) is 3. The molecule has 6 nitrogen and oxygen atoms in total. The van der Waals surface area contributed by atoms with Crippen molar-refractivity contribution in [3.05, 3.63) is 34.9 Å². The number of hydrogen-bond donors (Lipinski definition) is 1. The molecule has 3 fully saturated rings. The van der Waals surface area contributed by atoms with Gasteiger partial charge in [-0.25, -0.2) is 4.79 Å². The number of carbonyl (C=O) groups excluding carboxylic acids is 3. The molecule has 0 spiro atoms. The van der Waals surface area contributed by atoms with Crippen molar-refractivity contribution in [2.45, 2.75) is 88.8 Å². The fourth-order valence-electron chi connectivity index (χ4n) is 5.53. The molecule has 168 valence electrons. The van der Waals surface area contributed by atoms with Gasteiger partial charge in [-0.1, -0.05) is 68.3 Å². The van der Waals surface area contributed by atoms with E-state index in [9.17, 15) is 14.4 Å². The molecule has 3 aliphatic rings. The highest BCUT2D eigenvalue weighted by Crippen LogP contribution is 2.34. The molecule has 7 heteroatoms. The van der Waals surface area contributed by atoms with Gasteiger partial charge in [0.05, 0.1) is 0 Å². The van der Waals surface area contributed by atoms with Crippen LogP contribution in [0.25, 0.3) is 0 Å². The van der Waals surface area contributed by atoms with Gasteiger partial charge >= 0.3 is 6.03 Å². The van der Waals surface area contributed by atoms with Crippen LogP contribution in [-0.2, 0) is 15.1 Å². The highest BCUT2D eigenvalue weighted by molar-refractivity contribution is 6.32. The molecule has 1 saturated heterocycles. The lowest BCUT2D eigenvalue weighted by Gasteiger charge is -2.42. The van der Waals surface area contributed by atoms with Gasteiger partial charge < -0.3 is 10.2 Å². The number of rotatable bonds is 5. The lowest BCUT2D eigenvalue weighted by Crippen LogP contribution is -2.53. The molecule has 1 aliphatic heterocycles. The van der Waals surface area contributed by atoms with Crippen LogP contribution in [0.3, 0.4) is 0 Å². The van der Waals surface area contributed by atoms with Crippen LogP contribution in [0.15, 0.2) is 24.3 Å². The van der Waals surface area contributed by atoms with Gasteiger partial charge in [-0.15, -0.1) is 0 Å². The first kappa shape index (κ1) is 22.1. The van der Waals surface area contributed by atoms with Crippen LogP contribution in [0, 0.1) is 0 Å². The largest absolute Gasteiger partial charge is 0.335 e. The van der Waals surface area contributed by atoms with Crippen LogP contribution in [0.2, 0.25) is 5.02 Å². The predicted molar refractivity (Wildman–Crippen MR) is 120 cm³/mol. The third-order valence-corrected chi connectivity index (χ3v) is 7.53. The Bertz CT molecular complexity index is 830. The van der Waals surface area contributed by atoms with E-state index < -0.39 is 17.5 Å². The molecule has 0 aromatic heterocycles. The molecular weight excluding hydrogens is 414 g/mol. The molecule has 0 bridgehead atoms. The second kappa shape index (κ2) is 9.19. The highest BCUT2D eigenvalue weighted by Gasteiger charge is 2.51. The van der Waals surface area contributed by atoms with Crippen molar-refractivity contribution >= 4 is 29.4 Å². The number of imide groups is 1. The Hall–Kier alpha value is -2.08. The van der Waals surface area contributed by atoms with Crippen molar-refractivity contribution in [3.63, 3.8) is 0 Å². The van der Waals surface area contributed by atoms with E-state index in [2.05, 4.69) is 5.32 Å². The van der Waals surface area contributed by atoms with E-state index in [-0.39, 0.29) is 24.5 Å². The third kappa shape index (κ3) is 4.32. The molecule has 4 rings (SSSR count). The second-order valence-electron chi connectivity index (χ2n) is 9.31. The molecule has 1 N–H and O–H groups in total. The Labute approximate surface area is 189 Å². The molecule has 1 aromatic rings. The van der Waals surface area contributed by atoms with Gasteiger partial charge in [-0.3, -0.25) is 14.5 Å². The zero-order valence-electron chi connectivity index (χ0n) is 18.2. The number of halogens is 1. The van der Waals surface area contributed by atoms with Crippen molar-refractivity contribution in [2.75, 3.05) is 6.54 Å². The van der Waals surface area contributed by atoms with Crippen LogP contribution in [0.4, 0.5) is 4.79 Å². The summed E-state index contributed by atoms with van der Waals surface area (Å²) in [7, 11) is 0. The normalized spacial score (nSPS) is 25.5. The van der Waals surface area contributed by atoms with Crippen molar-refractivity contribution < 1.29 is 14.4 Å². The molecule has 1 heterocycles. The molecule has 4 amide bonds. The predicted octanol–water partition coefficient (Wildman–Crippen LogP) is 4.60. The van der Waals surface area contributed by atoms with Gasteiger partial charge in [0.2, 0.25) is 5.91 Å². The Morgan fingerprint density at radius 3 is 2.13 bits per heavy atom. The minimum atomic E-state index is -1.27. The van der Waals surface area contributed by atoms with Crippen molar-refractivity contribution in [1.29, 1.82) is 0 Å². The van der Waals surface area contributed by atoms with Crippen molar-refractivity contribution in [3.8, 4) is 0 Å². The summed E-state index contributed by atoms with van der Waals surface area (Å²) in [4.78, 5) is 42.7. The number of nitrogens with zero attached hydrogens (tertiary/aromatic N) is 2. The maximum Gasteiger partial charge on any atom is 0.325 e. The fourth-order valence-corrected chi connectivity index (χ4v) is 5.86. The van der Waals surface area contributed by atoms with Gasteiger partial charge in [-0.2, -0.15) is 0 Å². The molecule has 1 atom stereocenters. The average Bonchev–Trinajstić information content (AvgIpc) is 2.99. The summed E-state index contributed by atoms with van der Waals surface area (Å²) in [5.41, 5.74) is -0.725. The van der Waals surface area contributed by atoms with Crippen LogP contribution >= 0.6 is 11.6 Å². The number of amides is 4. The maximum atomic E-state index is 13.5. The molecule has 2 aliphatic carbocycles. The lowest BCUT2D eigenvalue weighted by atomic mass is 9.88. The van der Waals surface area contributed by atoms with Crippen LogP contribution in [0.5, 0.6) is 0 Å². The molecule has 0 radical (unpaired) electrons. The van der Waals surface area contributed by atoms with E-state index >= 15 is 0 Å². The first-order chi connectivity index (χ1) is 14.9. The Balaban J connectivity index is 1.54. The van der Waals surface area contributed by atoms with Gasteiger partial charge in [0.25, 0.3) is 5.91 Å². The Morgan fingerprint density at radius 2 is 1.58 bits per heavy atom. The van der Waals surface area contributed by atoms with Gasteiger partial charge in [0.15, 0.2) is 0 Å². The Kier molecular flexibility index (Phi) is 6.56. The SMILES string of the molecule is C[C@@]1(c2ccccc2Cl)NC(=O)N(CC(=O)N(C2CCCCC2)C2CCCCC2)C1=O. The summed E-state index contributed by atoms with van der Waals surface area (Å²) in [5, 5.41) is 3.19. The monoisotopic (exact) mass is 445 g/mol. The van der Waals surface area contributed by atoms with Crippen LogP contribution in [-0.4, -0.2) is 46.3 Å². The van der Waals surface area contributed by atoms with E-state index in [1.54, 1.807) is 31.2 Å². The molecule has 31 heavy (non-hydrogen) atoms. The molecule has 2 saturated carbocycles. The van der Waals surface area contributed by atoms with E-state index in [1.165, 1.54) is 12.8 Å². The lowest BCUT2D eigenvalue weighted by molar-refractivity contribution is -0.143. The van der Waals surface area contributed by atoms with Gasteiger partial charge in [-0.05, 0) is 38.7 Å². The van der Waals surface area contributed by atoms with Crippen LogP contribution in [0.1, 0.15) is 76.7 Å². The molecule has 1 aromatic carbocycles. The molecule has 0 unspecified atom stereocenters. The van der Waals surface area contributed by atoms with Gasteiger partial charge in [0, 0.05) is 22.7 Å². The van der Waals surface area contributed by atoms with Crippen molar-refractivity contribution in [2.24, 2.45) is 0 Å². The minimum absolute atomic E-state index is 0.106. The summed E-state index contributed by atoms with van der Waals surface area (Å²) in [6.07, 6.45) is 11.0. The maximum absolute atomic E-state index is 13.5. The van der Waals surface area contributed by atoms with E-state index in [0.29, 0.717) is 10.6 Å². The smallest absolute Gasteiger partial charge is 0.325 e. The van der Waals surface area contributed by atoms with E-state index in [1.807, 2.05) is 4.90 Å². The summed E-state index contributed by atoms with van der Waals surface area (Å²) in [5.74, 6) is -0.531. The zero-order chi connectivity index (χ0) is 22.0. The second-order valence-corrected chi connectivity index (χ2v) is 9.72. The van der Waals surface area contributed by atoms with Crippen molar-refractivity contribution in [1.82, 2.24) is 15.1 Å².